The number of carbonyl (C=O) groups is 1. The summed E-state index contributed by atoms with van der Waals surface area (Å²) >= 11 is 0. The number of nitro groups is 1. The molecule has 21 heavy (non-hydrogen) atoms. The Labute approximate surface area is 121 Å². The molecule has 0 saturated heterocycles. The molecule has 1 heterocycles. The van der Waals surface area contributed by atoms with Crippen LogP contribution in [0.3, 0.4) is 0 Å². The third-order valence-corrected chi connectivity index (χ3v) is 2.92. The number of amides is 1. The molecule has 0 aliphatic rings. The van der Waals surface area contributed by atoms with Crippen LogP contribution in [0.1, 0.15) is 16.8 Å². The maximum atomic E-state index is 11.9. The predicted octanol–water partition coefficient (Wildman–Crippen LogP) is 1.92. The van der Waals surface area contributed by atoms with Gasteiger partial charge in [0.15, 0.2) is 0 Å². The van der Waals surface area contributed by atoms with Crippen molar-refractivity contribution in [1.82, 2.24) is 9.88 Å². The first kappa shape index (κ1) is 14.6. The van der Waals surface area contributed by atoms with E-state index in [4.69, 9.17) is 0 Å². The molecule has 7 heteroatoms. The van der Waals surface area contributed by atoms with E-state index in [-0.39, 0.29) is 17.0 Å². The fourth-order valence-corrected chi connectivity index (χ4v) is 1.92. The zero-order valence-electron chi connectivity index (χ0n) is 11.2. The number of nitro benzene ring substituents is 1. The summed E-state index contributed by atoms with van der Waals surface area (Å²) in [7, 11) is 0. The largest absolute Gasteiger partial charge is 0.508 e. The minimum absolute atomic E-state index is 0.0719. The molecule has 0 aliphatic heterocycles. The number of hydrogen-bond acceptors (Lipinski definition) is 4. The van der Waals surface area contributed by atoms with E-state index in [1.807, 2.05) is 29.1 Å². The van der Waals surface area contributed by atoms with E-state index in [0.29, 0.717) is 6.54 Å². The van der Waals surface area contributed by atoms with Crippen LogP contribution in [0.15, 0.2) is 42.7 Å². The molecule has 1 aromatic carbocycles. The minimum Gasteiger partial charge on any atom is -0.508 e. The number of phenolic OH excluding ortho intramolecular Hbond substituents is 1. The monoisotopic (exact) mass is 289 g/mol. The van der Waals surface area contributed by atoms with Crippen molar-refractivity contribution in [3.8, 4) is 5.75 Å². The number of benzene rings is 1. The number of carbonyl (C=O) groups excluding carboxylic acids is 1. The molecule has 0 unspecified atom stereocenters. The van der Waals surface area contributed by atoms with Gasteiger partial charge in [-0.05, 0) is 24.6 Å². The smallest absolute Gasteiger partial charge is 0.273 e. The number of aromatic nitrogens is 1. The van der Waals surface area contributed by atoms with Crippen LogP contribution in [0.2, 0.25) is 0 Å². The first-order valence-corrected chi connectivity index (χ1v) is 6.43. The third-order valence-electron chi connectivity index (χ3n) is 2.92. The Hall–Kier alpha value is -2.83. The second kappa shape index (κ2) is 6.56. The van der Waals surface area contributed by atoms with Gasteiger partial charge in [-0.2, -0.15) is 0 Å². The molecule has 0 bridgehead atoms. The highest BCUT2D eigenvalue weighted by Crippen LogP contribution is 2.21. The molecular weight excluding hydrogens is 274 g/mol. The number of phenols is 1. The van der Waals surface area contributed by atoms with Gasteiger partial charge in [0.25, 0.3) is 11.6 Å². The number of nitrogens with zero attached hydrogens (tertiary/aromatic N) is 2. The van der Waals surface area contributed by atoms with Gasteiger partial charge in [0.1, 0.15) is 5.75 Å². The summed E-state index contributed by atoms with van der Waals surface area (Å²) in [6.07, 6.45) is 4.60. The minimum atomic E-state index is -0.650. The molecule has 7 nitrogen and oxygen atoms in total. The van der Waals surface area contributed by atoms with Crippen molar-refractivity contribution in [1.29, 1.82) is 0 Å². The Kier molecular flexibility index (Phi) is 4.55. The summed E-state index contributed by atoms with van der Waals surface area (Å²) in [6, 6.07) is 7.19. The van der Waals surface area contributed by atoms with Crippen molar-refractivity contribution in [2.45, 2.75) is 13.0 Å². The normalized spacial score (nSPS) is 10.3. The average Bonchev–Trinajstić information content (AvgIpc) is 2.95. The van der Waals surface area contributed by atoms with Crippen molar-refractivity contribution in [3.63, 3.8) is 0 Å². The van der Waals surface area contributed by atoms with Crippen LogP contribution in [0.4, 0.5) is 5.69 Å². The topological polar surface area (TPSA) is 97.4 Å². The fraction of sp³-hybridized carbons (Fsp3) is 0.214. The zero-order chi connectivity index (χ0) is 15.2. The van der Waals surface area contributed by atoms with Gasteiger partial charge in [-0.1, -0.05) is 0 Å². The quantitative estimate of drug-likeness (QED) is 0.482. The molecule has 2 N–H and O–H groups in total. The van der Waals surface area contributed by atoms with E-state index < -0.39 is 10.8 Å². The van der Waals surface area contributed by atoms with Crippen molar-refractivity contribution in [2.75, 3.05) is 6.54 Å². The zero-order valence-corrected chi connectivity index (χ0v) is 11.2. The second-order valence-electron chi connectivity index (χ2n) is 4.53. The summed E-state index contributed by atoms with van der Waals surface area (Å²) in [5.74, 6) is -0.747. The van der Waals surface area contributed by atoms with Crippen LogP contribution in [0, 0.1) is 10.1 Å². The maximum absolute atomic E-state index is 11.9. The average molecular weight is 289 g/mol. The molecule has 1 aromatic heterocycles. The van der Waals surface area contributed by atoms with Crippen molar-refractivity contribution in [3.05, 3.63) is 58.4 Å². The first-order chi connectivity index (χ1) is 10.1. The Morgan fingerprint density at radius 3 is 2.67 bits per heavy atom. The van der Waals surface area contributed by atoms with Crippen LogP contribution in [0.5, 0.6) is 5.75 Å². The lowest BCUT2D eigenvalue weighted by atomic mass is 10.1. The fourth-order valence-electron chi connectivity index (χ4n) is 1.92. The molecule has 0 spiro atoms. The van der Waals surface area contributed by atoms with Crippen LogP contribution in [-0.2, 0) is 6.54 Å². The molecule has 110 valence electrons. The lowest BCUT2D eigenvalue weighted by Crippen LogP contribution is -2.25. The van der Waals surface area contributed by atoms with Gasteiger partial charge in [-0.15, -0.1) is 0 Å². The third kappa shape index (κ3) is 4.07. The first-order valence-electron chi connectivity index (χ1n) is 6.43. The molecule has 0 saturated carbocycles. The molecule has 0 atom stereocenters. The molecule has 2 aromatic rings. The van der Waals surface area contributed by atoms with Crippen molar-refractivity contribution >= 4 is 11.6 Å². The number of non-ortho nitro benzene ring substituents is 1. The molecular formula is C14H15N3O4. The summed E-state index contributed by atoms with van der Waals surface area (Å²) in [5, 5.41) is 22.7. The standard InChI is InChI=1S/C14H15N3O4/c18-13-9-11(8-12(10-13)17(20)21)14(19)15-4-3-7-16-5-1-2-6-16/h1-2,5-6,8-10,18H,3-4,7H2,(H,15,19). The Morgan fingerprint density at radius 2 is 2.00 bits per heavy atom. The van der Waals surface area contributed by atoms with Crippen LogP contribution < -0.4 is 5.32 Å². The van der Waals surface area contributed by atoms with E-state index >= 15 is 0 Å². The van der Waals surface area contributed by atoms with Gasteiger partial charge in [0, 0.05) is 37.1 Å². The summed E-state index contributed by atoms with van der Waals surface area (Å²) in [5.41, 5.74) is -0.241. The highest BCUT2D eigenvalue weighted by atomic mass is 16.6. The SMILES string of the molecule is O=C(NCCCn1cccc1)c1cc(O)cc([N+](=O)[O-])c1. The highest BCUT2D eigenvalue weighted by Gasteiger charge is 2.13. The summed E-state index contributed by atoms with van der Waals surface area (Å²) < 4.78 is 1.99. The maximum Gasteiger partial charge on any atom is 0.273 e. The van der Waals surface area contributed by atoms with Gasteiger partial charge >= 0.3 is 0 Å². The molecule has 2 rings (SSSR count). The van der Waals surface area contributed by atoms with E-state index in [1.54, 1.807) is 0 Å². The number of nitrogens with one attached hydrogen (secondary N) is 1. The van der Waals surface area contributed by atoms with Gasteiger partial charge in [0.05, 0.1) is 11.0 Å². The Balaban J connectivity index is 1.89. The Morgan fingerprint density at radius 1 is 1.29 bits per heavy atom. The lowest BCUT2D eigenvalue weighted by Gasteiger charge is -2.06. The number of aryl methyl sites for hydroxylation is 1. The second-order valence-corrected chi connectivity index (χ2v) is 4.53. The van der Waals surface area contributed by atoms with E-state index in [1.165, 1.54) is 6.07 Å². The van der Waals surface area contributed by atoms with Crippen LogP contribution in [0.25, 0.3) is 0 Å². The van der Waals surface area contributed by atoms with Gasteiger partial charge in [-0.3, -0.25) is 14.9 Å². The van der Waals surface area contributed by atoms with Crippen LogP contribution in [-0.4, -0.2) is 27.0 Å². The van der Waals surface area contributed by atoms with Gasteiger partial charge in [-0.25, -0.2) is 0 Å². The number of aromatic hydroxyl groups is 1. The highest BCUT2D eigenvalue weighted by molar-refractivity contribution is 5.95. The molecule has 0 aliphatic carbocycles. The number of rotatable bonds is 6. The van der Waals surface area contributed by atoms with Crippen molar-refractivity contribution < 1.29 is 14.8 Å². The van der Waals surface area contributed by atoms with E-state index in [0.717, 1.165) is 25.1 Å². The molecule has 1 amide bonds. The van der Waals surface area contributed by atoms with Gasteiger partial charge in [0.2, 0.25) is 0 Å². The van der Waals surface area contributed by atoms with Crippen molar-refractivity contribution in [2.24, 2.45) is 0 Å². The van der Waals surface area contributed by atoms with E-state index in [2.05, 4.69) is 5.32 Å². The lowest BCUT2D eigenvalue weighted by molar-refractivity contribution is -0.385. The summed E-state index contributed by atoms with van der Waals surface area (Å²) in [6.45, 7) is 1.22. The van der Waals surface area contributed by atoms with Crippen LogP contribution >= 0.6 is 0 Å². The molecule has 0 fully saturated rings. The predicted molar refractivity (Wildman–Crippen MR) is 76.1 cm³/mol. The van der Waals surface area contributed by atoms with Gasteiger partial charge < -0.3 is 15.0 Å². The summed E-state index contributed by atoms with van der Waals surface area (Å²) in [4.78, 5) is 21.9. The van der Waals surface area contributed by atoms with E-state index in [9.17, 15) is 20.0 Å². The number of hydrogen-bond donors (Lipinski definition) is 2. The molecule has 0 radical (unpaired) electrons. The Bertz CT molecular complexity index is 638.